The summed E-state index contributed by atoms with van der Waals surface area (Å²) in [4.78, 5) is -0.00497. The van der Waals surface area contributed by atoms with Crippen LogP contribution in [0.1, 0.15) is 0 Å². The van der Waals surface area contributed by atoms with Crippen LogP contribution in [0.2, 0.25) is 5.02 Å². The molecule has 3 aromatic carbocycles. The SMILES string of the molecule is COc1ccc(Cl)cc1S(=O)(=O)Nc1ccc(-c2ccccc2)cc1. The summed E-state index contributed by atoms with van der Waals surface area (Å²) in [7, 11) is -2.40. The molecular formula is C19H16ClNO3S. The van der Waals surface area contributed by atoms with Gasteiger partial charge in [0, 0.05) is 10.7 Å². The summed E-state index contributed by atoms with van der Waals surface area (Å²) in [6, 6.07) is 21.5. The number of rotatable bonds is 5. The van der Waals surface area contributed by atoms with Crippen LogP contribution in [-0.2, 0) is 10.0 Å². The number of methoxy groups -OCH3 is 1. The predicted octanol–water partition coefficient (Wildman–Crippen LogP) is 4.82. The molecule has 3 aromatic rings. The van der Waals surface area contributed by atoms with Crippen molar-refractivity contribution in [3.63, 3.8) is 0 Å². The van der Waals surface area contributed by atoms with Crippen molar-refractivity contribution in [1.82, 2.24) is 0 Å². The van der Waals surface area contributed by atoms with Crippen LogP contribution in [0, 0.1) is 0 Å². The molecule has 1 N–H and O–H groups in total. The summed E-state index contributed by atoms with van der Waals surface area (Å²) in [5, 5.41) is 0.320. The topological polar surface area (TPSA) is 55.4 Å². The first kappa shape index (κ1) is 17.3. The zero-order chi connectivity index (χ0) is 17.9. The Balaban J connectivity index is 1.88. The molecule has 0 aromatic heterocycles. The van der Waals surface area contributed by atoms with Gasteiger partial charge in [-0.2, -0.15) is 0 Å². The van der Waals surface area contributed by atoms with Crippen LogP contribution in [-0.4, -0.2) is 15.5 Å². The molecule has 0 radical (unpaired) electrons. The summed E-state index contributed by atoms with van der Waals surface area (Å²) in [6.45, 7) is 0. The van der Waals surface area contributed by atoms with E-state index in [0.717, 1.165) is 11.1 Å². The molecule has 128 valence electrons. The maximum absolute atomic E-state index is 12.6. The van der Waals surface area contributed by atoms with Gasteiger partial charge >= 0.3 is 0 Å². The van der Waals surface area contributed by atoms with Gasteiger partial charge < -0.3 is 4.74 Å². The smallest absolute Gasteiger partial charge is 0.265 e. The summed E-state index contributed by atoms with van der Waals surface area (Å²) < 4.78 is 32.9. The van der Waals surface area contributed by atoms with E-state index in [9.17, 15) is 8.42 Å². The zero-order valence-corrected chi connectivity index (χ0v) is 15.0. The zero-order valence-electron chi connectivity index (χ0n) is 13.4. The molecule has 0 atom stereocenters. The van der Waals surface area contributed by atoms with Crippen molar-refractivity contribution in [2.75, 3.05) is 11.8 Å². The molecule has 3 rings (SSSR count). The third-order valence-corrected chi connectivity index (χ3v) is 5.30. The first-order valence-corrected chi connectivity index (χ1v) is 9.37. The van der Waals surface area contributed by atoms with E-state index < -0.39 is 10.0 Å². The Morgan fingerprint density at radius 2 is 1.52 bits per heavy atom. The lowest BCUT2D eigenvalue weighted by Crippen LogP contribution is -2.14. The lowest BCUT2D eigenvalue weighted by Gasteiger charge is -2.12. The Morgan fingerprint density at radius 3 is 2.16 bits per heavy atom. The number of ether oxygens (including phenoxy) is 1. The second-order valence-corrected chi connectivity index (χ2v) is 7.43. The third-order valence-electron chi connectivity index (χ3n) is 3.66. The van der Waals surface area contributed by atoms with Gasteiger partial charge in [0.1, 0.15) is 10.6 Å². The highest BCUT2D eigenvalue weighted by molar-refractivity contribution is 7.92. The van der Waals surface area contributed by atoms with Crippen molar-refractivity contribution in [1.29, 1.82) is 0 Å². The van der Waals surface area contributed by atoms with E-state index in [-0.39, 0.29) is 10.6 Å². The van der Waals surface area contributed by atoms with Gasteiger partial charge in [-0.1, -0.05) is 54.1 Å². The van der Waals surface area contributed by atoms with Crippen molar-refractivity contribution < 1.29 is 13.2 Å². The summed E-state index contributed by atoms with van der Waals surface area (Å²) in [5.41, 5.74) is 2.53. The molecule has 0 unspecified atom stereocenters. The number of anilines is 1. The molecule has 0 spiro atoms. The van der Waals surface area contributed by atoms with E-state index in [4.69, 9.17) is 16.3 Å². The highest BCUT2D eigenvalue weighted by Crippen LogP contribution is 2.29. The highest BCUT2D eigenvalue weighted by atomic mass is 35.5. The fourth-order valence-electron chi connectivity index (χ4n) is 2.43. The lowest BCUT2D eigenvalue weighted by molar-refractivity contribution is 0.403. The number of nitrogens with one attached hydrogen (secondary N) is 1. The molecule has 0 saturated carbocycles. The van der Waals surface area contributed by atoms with E-state index in [1.807, 2.05) is 42.5 Å². The minimum Gasteiger partial charge on any atom is -0.495 e. The van der Waals surface area contributed by atoms with Crippen LogP contribution < -0.4 is 9.46 Å². The van der Waals surface area contributed by atoms with Gasteiger partial charge in [-0.3, -0.25) is 4.72 Å². The first-order valence-electron chi connectivity index (χ1n) is 7.51. The maximum atomic E-state index is 12.6. The van der Waals surface area contributed by atoms with Crippen LogP contribution in [0.15, 0.2) is 77.7 Å². The molecule has 0 heterocycles. The number of benzene rings is 3. The van der Waals surface area contributed by atoms with Gasteiger partial charge in [0.2, 0.25) is 0 Å². The second kappa shape index (κ2) is 7.17. The Bertz CT molecular complexity index is 971. The fourth-order valence-corrected chi connectivity index (χ4v) is 3.92. The van der Waals surface area contributed by atoms with Crippen molar-refractivity contribution in [3.05, 3.63) is 77.8 Å². The largest absolute Gasteiger partial charge is 0.495 e. The average Bonchev–Trinajstić information content (AvgIpc) is 2.63. The van der Waals surface area contributed by atoms with Crippen LogP contribution in [0.5, 0.6) is 5.75 Å². The summed E-state index contributed by atoms with van der Waals surface area (Å²) in [5.74, 6) is 0.234. The van der Waals surface area contributed by atoms with Crippen molar-refractivity contribution >= 4 is 27.3 Å². The third kappa shape index (κ3) is 3.95. The molecule has 0 aliphatic heterocycles. The van der Waals surface area contributed by atoms with Crippen LogP contribution >= 0.6 is 11.6 Å². The van der Waals surface area contributed by atoms with Crippen LogP contribution in [0.4, 0.5) is 5.69 Å². The standard InChI is InChI=1S/C19H16ClNO3S/c1-24-18-12-9-16(20)13-19(18)25(22,23)21-17-10-7-15(8-11-17)14-5-3-2-4-6-14/h2-13,21H,1H3. The van der Waals surface area contributed by atoms with Gasteiger partial charge in [-0.25, -0.2) is 8.42 Å². The van der Waals surface area contributed by atoms with E-state index in [1.54, 1.807) is 18.2 Å². The Kier molecular flexibility index (Phi) is 4.97. The van der Waals surface area contributed by atoms with Crippen molar-refractivity contribution in [3.8, 4) is 16.9 Å². The number of hydrogen-bond acceptors (Lipinski definition) is 3. The van der Waals surface area contributed by atoms with E-state index in [2.05, 4.69) is 4.72 Å². The van der Waals surface area contributed by atoms with Gasteiger partial charge in [0.05, 0.1) is 7.11 Å². The molecule has 25 heavy (non-hydrogen) atoms. The van der Waals surface area contributed by atoms with Crippen LogP contribution in [0.25, 0.3) is 11.1 Å². The molecule has 0 saturated heterocycles. The normalized spacial score (nSPS) is 11.1. The van der Waals surface area contributed by atoms with Gasteiger partial charge in [-0.05, 0) is 41.5 Å². The van der Waals surface area contributed by atoms with Gasteiger partial charge in [0.15, 0.2) is 0 Å². The quantitative estimate of drug-likeness (QED) is 0.697. The molecule has 0 amide bonds. The number of hydrogen-bond donors (Lipinski definition) is 1. The molecule has 0 aliphatic carbocycles. The first-order chi connectivity index (χ1) is 12.0. The van der Waals surface area contributed by atoms with Crippen molar-refractivity contribution in [2.24, 2.45) is 0 Å². The molecule has 0 fully saturated rings. The van der Waals surface area contributed by atoms with Crippen LogP contribution in [0.3, 0.4) is 0 Å². The molecule has 0 bridgehead atoms. The minimum atomic E-state index is -3.82. The molecular weight excluding hydrogens is 358 g/mol. The highest BCUT2D eigenvalue weighted by Gasteiger charge is 2.20. The Hall–Kier alpha value is -2.50. The summed E-state index contributed by atoms with van der Waals surface area (Å²) >= 11 is 5.92. The molecule has 0 aliphatic rings. The predicted molar refractivity (Wildman–Crippen MR) is 101 cm³/mol. The maximum Gasteiger partial charge on any atom is 0.265 e. The van der Waals surface area contributed by atoms with E-state index in [0.29, 0.717) is 10.7 Å². The lowest BCUT2D eigenvalue weighted by atomic mass is 10.1. The minimum absolute atomic E-state index is 0.00497. The Labute approximate surface area is 152 Å². The number of halogens is 1. The van der Waals surface area contributed by atoms with Gasteiger partial charge in [-0.15, -0.1) is 0 Å². The van der Waals surface area contributed by atoms with E-state index in [1.165, 1.54) is 19.2 Å². The van der Waals surface area contributed by atoms with Gasteiger partial charge in [0.25, 0.3) is 10.0 Å². The molecule has 4 nitrogen and oxygen atoms in total. The summed E-state index contributed by atoms with van der Waals surface area (Å²) in [6.07, 6.45) is 0. The Morgan fingerprint density at radius 1 is 0.880 bits per heavy atom. The molecule has 6 heteroatoms. The van der Waals surface area contributed by atoms with E-state index >= 15 is 0 Å². The van der Waals surface area contributed by atoms with Crippen molar-refractivity contribution in [2.45, 2.75) is 4.90 Å². The monoisotopic (exact) mass is 373 g/mol. The average molecular weight is 374 g/mol. The fraction of sp³-hybridized carbons (Fsp3) is 0.0526. The second-order valence-electron chi connectivity index (χ2n) is 5.34. The number of sulfonamides is 1.